The first-order valence-electron chi connectivity index (χ1n) is 6.39. The zero-order valence-electron chi connectivity index (χ0n) is 11.4. The average molecular weight is 282 g/mol. The number of rotatable bonds is 3. The highest BCUT2D eigenvalue weighted by Crippen LogP contribution is 2.37. The smallest absolute Gasteiger partial charge is 0.123 e. The summed E-state index contributed by atoms with van der Waals surface area (Å²) in [5.74, 6) is 0.939. The summed E-state index contributed by atoms with van der Waals surface area (Å²) in [6, 6.07) is 11.9. The number of aromatic amines is 1. The van der Waals surface area contributed by atoms with Crippen LogP contribution in [0.4, 0.5) is 0 Å². The first-order valence-corrected chi connectivity index (χ1v) is 6.39. The number of nitrogens with zero attached hydrogens (tertiary/aromatic N) is 1. The minimum absolute atomic E-state index is 0.0870. The van der Waals surface area contributed by atoms with Crippen molar-refractivity contribution in [3.8, 4) is 39.6 Å². The summed E-state index contributed by atoms with van der Waals surface area (Å²) in [6.07, 6.45) is 1.62. The SMILES string of the molecule is COc1ccc(-c2[nH]ncc2-c2cc(O)ccc2O)cc1. The number of methoxy groups -OCH3 is 1. The molecule has 0 fully saturated rings. The van der Waals surface area contributed by atoms with Gasteiger partial charge >= 0.3 is 0 Å². The van der Waals surface area contributed by atoms with E-state index in [4.69, 9.17) is 4.74 Å². The number of nitrogens with one attached hydrogen (secondary N) is 1. The molecule has 2 aromatic carbocycles. The van der Waals surface area contributed by atoms with E-state index in [-0.39, 0.29) is 11.5 Å². The van der Waals surface area contributed by atoms with Gasteiger partial charge in [-0.1, -0.05) is 0 Å². The van der Waals surface area contributed by atoms with Gasteiger partial charge in [0.1, 0.15) is 17.2 Å². The lowest BCUT2D eigenvalue weighted by molar-refractivity contribution is 0.415. The fourth-order valence-electron chi connectivity index (χ4n) is 2.21. The molecule has 21 heavy (non-hydrogen) atoms. The normalized spacial score (nSPS) is 10.5. The summed E-state index contributed by atoms with van der Waals surface area (Å²) in [5, 5.41) is 26.6. The Morgan fingerprint density at radius 2 is 1.76 bits per heavy atom. The van der Waals surface area contributed by atoms with Crippen LogP contribution < -0.4 is 4.74 Å². The van der Waals surface area contributed by atoms with Gasteiger partial charge < -0.3 is 14.9 Å². The molecular formula is C16H14N2O3. The van der Waals surface area contributed by atoms with Gasteiger partial charge in [0, 0.05) is 16.7 Å². The number of hydrogen-bond acceptors (Lipinski definition) is 4. The van der Waals surface area contributed by atoms with Crippen molar-refractivity contribution in [1.82, 2.24) is 10.2 Å². The number of hydrogen-bond donors (Lipinski definition) is 3. The highest BCUT2D eigenvalue weighted by Gasteiger charge is 2.14. The van der Waals surface area contributed by atoms with Gasteiger partial charge in [0.2, 0.25) is 0 Å². The molecule has 0 saturated carbocycles. The lowest BCUT2D eigenvalue weighted by atomic mass is 10.0. The van der Waals surface area contributed by atoms with Gasteiger partial charge in [-0.15, -0.1) is 0 Å². The molecule has 1 aromatic heterocycles. The van der Waals surface area contributed by atoms with Crippen molar-refractivity contribution in [2.24, 2.45) is 0 Å². The van der Waals surface area contributed by atoms with Crippen molar-refractivity contribution in [3.05, 3.63) is 48.7 Å². The van der Waals surface area contributed by atoms with Crippen molar-refractivity contribution in [2.75, 3.05) is 7.11 Å². The highest BCUT2D eigenvalue weighted by molar-refractivity contribution is 5.83. The molecule has 0 unspecified atom stereocenters. The van der Waals surface area contributed by atoms with Crippen LogP contribution >= 0.6 is 0 Å². The lowest BCUT2D eigenvalue weighted by Gasteiger charge is -2.07. The van der Waals surface area contributed by atoms with Crippen molar-refractivity contribution in [3.63, 3.8) is 0 Å². The van der Waals surface area contributed by atoms with Crippen LogP contribution in [0.2, 0.25) is 0 Å². The molecule has 0 radical (unpaired) electrons. The van der Waals surface area contributed by atoms with Crippen LogP contribution in [0.25, 0.3) is 22.4 Å². The van der Waals surface area contributed by atoms with Gasteiger partial charge in [0.15, 0.2) is 0 Å². The summed E-state index contributed by atoms with van der Waals surface area (Å²) in [4.78, 5) is 0. The largest absolute Gasteiger partial charge is 0.508 e. The minimum atomic E-state index is 0.0870. The molecule has 1 heterocycles. The van der Waals surface area contributed by atoms with Gasteiger partial charge in [-0.05, 0) is 42.5 Å². The second kappa shape index (κ2) is 5.20. The molecule has 0 atom stereocenters. The summed E-state index contributed by atoms with van der Waals surface area (Å²) in [5.41, 5.74) is 2.91. The molecular weight excluding hydrogens is 268 g/mol. The minimum Gasteiger partial charge on any atom is -0.508 e. The van der Waals surface area contributed by atoms with Gasteiger partial charge in [-0.3, -0.25) is 5.10 Å². The van der Waals surface area contributed by atoms with E-state index in [1.807, 2.05) is 24.3 Å². The van der Waals surface area contributed by atoms with E-state index in [0.29, 0.717) is 11.1 Å². The quantitative estimate of drug-likeness (QED) is 0.645. The predicted octanol–water partition coefficient (Wildman–Crippen LogP) is 3.16. The van der Waals surface area contributed by atoms with Gasteiger partial charge in [0.25, 0.3) is 0 Å². The summed E-state index contributed by atoms with van der Waals surface area (Å²) < 4.78 is 5.14. The number of aromatic nitrogens is 2. The second-order valence-corrected chi connectivity index (χ2v) is 4.59. The first-order chi connectivity index (χ1) is 10.2. The zero-order chi connectivity index (χ0) is 14.8. The second-order valence-electron chi connectivity index (χ2n) is 4.59. The van der Waals surface area contributed by atoms with Crippen molar-refractivity contribution < 1.29 is 14.9 Å². The number of phenols is 2. The van der Waals surface area contributed by atoms with E-state index in [0.717, 1.165) is 17.0 Å². The molecule has 0 bridgehead atoms. The maximum absolute atomic E-state index is 9.99. The third-order valence-electron chi connectivity index (χ3n) is 3.29. The first kappa shape index (κ1) is 13.1. The average Bonchev–Trinajstić information content (AvgIpc) is 2.99. The third kappa shape index (κ3) is 2.41. The Morgan fingerprint density at radius 1 is 1.00 bits per heavy atom. The van der Waals surface area contributed by atoms with E-state index in [1.165, 1.54) is 18.2 Å². The van der Waals surface area contributed by atoms with Crippen LogP contribution in [-0.4, -0.2) is 27.5 Å². The van der Waals surface area contributed by atoms with Crippen LogP contribution in [0.3, 0.4) is 0 Å². The van der Waals surface area contributed by atoms with Gasteiger partial charge in [0.05, 0.1) is 19.0 Å². The Balaban J connectivity index is 2.10. The molecule has 0 aliphatic heterocycles. The molecule has 0 saturated heterocycles. The van der Waals surface area contributed by atoms with Crippen LogP contribution in [0.15, 0.2) is 48.7 Å². The number of aromatic hydroxyl groups is 2. The fraction of sp³-hybridized carbons (Fsp3) is 0.0625. The van der Waals surface area contributed by atoms with Crippen LogP contribution in [0, 0.1) is 0 Å². The Hall–Kier alpha value is -2.95. The predicted molar refractivity (Wildman–Crippen MR) is 79.3 cm³/mol. The van der Waals surface area contributed by atoms with Crippen molar-refractivity contribution in [2.45, 2.75) is 0 Å². The Labute approximate surface area is 121 Å². The Kier molecular flexibility index (Phi) is 3.23. The zero-order valence-corrected chi connectivity index (χ0v) is 11.4. The molecule has 106 valence electrons. The Bertz CT molecular complexity index is 763. The van der Waals surface area contributed by atoms with Crippen LogP contribution in [0.5, 0.6) is 17.2 Å². The van der Waals surface area contributed by atoms with Gasteiger partial charge in [-0.25, -0.2) is 0 Å². The molecule has 5 nitrogen and oxygen atoms in total. The maximum Gasteiger partial charge on any atom is 0.123 e. The van der Waals surface area contributed by atoms with E-state index in [1.54, 1.807) is 13.3 Å². The number of H-pyrrole nitrogens is 1. The number of ether oxygens (including phenoxy) is 1. The summed E-state index contributed by atoms with van der Waals surface area (Å²) in [7, 11) is 1.61. The van der Waals surface area contributed by atoms with Crippen molar-refractivity contribution >= 4 is 0 Å². The molecule has 0 aliphatic carbocycles. The Morgan fingerprint density at radius 3 is 2.48 bits per heavy atom. The maximum atomic E-state index is 9.99. The third-order valence-corrected chi connectivity index (χ3v) is 3.29. The molecule has 0 amide bonds. The van der Waals surface area contributed by atoms with E-state index in [2.05, 4.69) is 10.2 Å². The number of phenolic OH excluding ortho intramolecular Hbond substituents is 2. The topological polar surface area (TPSA) is 78.4 Å². The molecule has 5 heteroatoms. The van der Waals surface area contributed by atoms with E-state index >= 15 is 0 Å². The van der Waals surface area contributed by atoms with E-state index < -0.39 is 0 Å². The fourth-order valence-corrected chi connectivity index (χ4v) is 2.21. The summed E-state index contributed by atoms with van der Waals surface area (Å²) >= 11 is 0. The molecule has 0 spiro atoms. The monoisotopic (exact) mass is 282 g/mol. The standard InChI is InChI=1S/C16H14N2O3/c1-21-12-5-2-10(3-6-12)16-14(9-17-18-16)13-8-11(19)4-7-15(13)20/h2-9,19-20H,1H3,(H,17,18). The van der Waals surface area contributed by atoms with Gasteiger partial charge in [-0.2, -0.15) is 5.10 Å². The molecule has 0 aliphatic rings. The highest BCUT2D eigenvalue weighted by atomic mass is 16.5. The lowest BCUT2D eigenvalue weighted by Crippen LogP contribution is -1.85. The van der Waals surface area contributed by atoms with Crippen molar-refractivity contribution in [1.29, 1.82) is 0 Å². The van der Waals surface area contributed by atoms with Crippen LogP contribution in [0.1, 0.15) is 0 Å². The summed E-state index contributed by atoms with van der Waals surface area (Å²) in [6.45, 7) is 0. The molecule has 3 aromatic rings. The van der Waals surface area contributed by atoms with E-state index in [9.17, 15) is 10.2 Å². The number of benzene rings is 2. The molecule has 3 N–H and O–H groups in total. The molecule has 3 rings (SSSR count). The van der Waals surface area contributed by atoms with Crippen LogP contribution in [-0.2, 0) is 0 Å².